The molecule has 1 fully saturated rings. The maximum Gasteiger partial charge on any atom is 0.254 e. The van der Waals surface area contributed by atoms with Gasteiger partial charge in [0.1, 0.15) is 11.9 Å². The average Bonchev–Trinajstić information content (AvgIpc) is 2.40. The van der Waals surface area contributed by atoms with E-state index in [2.05, 4.69) is 5.32 Å². The second kappa shape index (κ2) is 4.70. The van der Waals surface area contributed by atoms with Gasteiger partial charge in [0.05, 0.1) is 0 Å². The molecule has 2 aliphatic rings. The van der Waals surface area contributed by atoms with Gasteiger partial charge < -0.3 is 4.90 Å². The monoisotopic (exact) mass is 276 g/mol. The number of nitrogens with zero attached hydrogens (tertiary/aromatic N) is 1. The van der Waals surface area contributed by atoms with Crippen LogP contribution in [0.15, 0.2) is 18.2 Å². The van der Waals surface area contributed by atoms with Crippen molar-refractivity contribution in [1.82, 2.24) is 10.2 Å². The molecule has 1 N–H and O–H groups in total. The number of nitrogens with one attached hydrogen (secondary N) is 1. The smallest absolute Gasteiger partial charge is 0.254 e. The number of halogens is 1. The summed E-state index contributed by atoms with van der Waals surface area (Å²) in [6.07, 6.45) is 1.08. The van der Waals surface area contributed by atoms with Gasteiger partial charge in [-0.2, -0.15) is 0 Å². The standard InChI is InChI=1S/C14H13FN2O3/c15-9-1-2-10-8(7-9)5-6-17(14(10)20)11-3-4-12(18)16-13(11)19/h1-2,7,11H,3-6H2,(H,16,18,19). The fourth-order valence-corrected chi connectivity index (χ4v) is 2.75. The third-order valence-electron chi connectivity index (χ3n) is 3.77. The molecular formula is C14H13FN2O3. The van der Waals surface area contributed by atoms with Crippen LogP contribution in [0.3, 0.4) is 0 Å². The van der Waals surface area contributed by atoms with Crippen molar-refractivity contribution in [2.45, 2.75) is 25.3 Å². The number of hydrogen-bond donors (Lipinski definition) is 1. The van der Waals surface area contributed by atoms with Gasteiger partial charge in [-0.15, -0.1) is 0 Å². The zero-order valence-electron chi connectivity index (χ0n) is 10.7. The summed E-state index contributed by atoms with van der Waals surface area (Å²) in [5, 5.41) is 2.25. The van der Waals surface area contributed by atoms with E-state index in [9.17, 15) is 18.8 Å². The van der Waals surface area contributed by atoms with Gasteiger partial charge in [-0.05, 0) is 36.6 Å². The molecule has 6 heteroatoms. The highest BCUT2D eigenvalue weighted by Gasteiger charge is 2.37. The van der Waals surface area contributed by atoms with Crippen molar-refractivity contribution in [3.05, 3.63) is 35.1 Å². The van der Waals surface area contributed by atoms with Gasteiger partial charge in [-0.25, -0.2) is 4.39 Å². The number of amides is 3. The lowest BCUT2D eigenvalue weighted by Gasteiger charge is -2.36. The topological polar surface area (TPSA) is 66.5 Å². The predicted octanol–water partition coefficient (Wildman–Crippen LogP) is 0.629. The Bertz CT molecular complexity index is 614. The van der Waals surface area contributed by atoms with Crippen LogP contribution in [0.5, 0.6) is 0 Å². The summed E-state index contributed by atoms with van der Waals surface area (Å²) in [4.78, 5) is 36.8. The zero-order valence-corrected chi connectivity index (χ0v) is 10.7. The third-order valence-corrected chi connectivity index (χ3v) is 3.77. The molecule has 3 amide bonds. The molecule has 0 bridgehead atoms. The maximum absolute atomic E-state index is 13.2. The molecule has 2 heterocycles. The number of rotatable bonds is 1. The highest BCUT2D eigenvalue weighted by atomic mass is 19.1. The van der Waals surface area contributed by atoms with E-state index in [0.717, 1.165) is 0 Å². The highest BCUT2D eigenvalue weighted by molar-refractivity contribution is 6.04. The van der Waals surface area contributed by atoms with Gasteiger partial charge in [0.15, 0.2) is 0 Å². The van der Waals surface area contributed by atoms with E-state index in [0.29, 0.717) is 30.5 Å². The molecule has 0 radical (unpaired) electrons. The van der Waals surface area contributed by atoms with Crippen molar-refractivity contribution in [3.8, 4) is 0 Å². The number of piperidine rings is 1. The van der Waals surface area contributed by atoms with E-state index in [4.69, 9.17) is 0 Å². The van der Waals surface area contributed by atoms with Gasteiger partial charge in [-0.1, -0.05) is 0 Å². The molecule has 0 aromatic heterocycles. The summed E-state index contributed by atoms with van der Waals surface area (Å²) >= 11 is 0. The zero-order chi connectivity index (χ0) is 14.3. The number of carbonyl (C=O) groups excluding carboxylic acids is 3. The molecule has 0 saturated carbocycles. The van der Waals surface area contributed by atoms with Crippen molar-refractivity contribution in [1.29, 1.82) is 0 Å². The molecule has 1 aromatic carbocycles. The lowest BCUT2D eigenvalue weighted by Crippen LogP contribution is -2.55. The Morgan fingerprint density at radius 1 is 1.20 bits per heavy atom. The molecule has 2 aliphatic heterocycles. The Hall–Kier alpha value is -2.24. The lowest BCUT2D eigenvalue weighted by atomic mass is 9.95. The first kappa shape index (κ1) is 12.8. The first-order valence-electron chi connectivity index (χ1n) is 6.49. The van der Waals surface area contributed by atoms with Crippen LogP contribution in [0, 0.1) is 5.82 Å². The number of benzene rings is 1. The first-order valence-corrected chi connectivity index (χ1v) is 6.49. The van der Waals surface area contributed by atoms with Crippen molar-refractivity contribution in [2.24, 2.45) is 0 Å². The van der Waals surface area contributed by atoms with Crippen molar-refractivity contribution >= 4 is 17.7 Å². The van der Waals surface area contributed by atoms with E-state index in [-0.39, 0.29) is 24.1 Å². The van der Waals surface area contributed by atoms with Crippen LogP contribution in [0.4, 0.5) is 4.39 Å². The van der Waals surface area contributed by atoms with E-state index >= 15 is 0 Å². The van der Waals surface area contributed by atoms with E-state index in [1.54, 1.807) is 0 Å². The maximum atomic E-state index is 13.2. The molecule has 1 unspecified atom stereocenters. The summed E-state index contributed by atoms with van der Waals surface area (Å²) in [5.41, 5.74) is 1.10. The molecule has 1 atom stereocenters. The molecule has 5 nitrogen and oxygen atoms in total. The van der Waals surface area contributed by atoms with Crippen LogP contribution in [0.25, 0.3) is 0 Å². The number of carbonyl (C=O) groups is 3. The van der Waals surface area contributed by atoms with Crippen molar-refractivity contribution < 1.29 is 18.8 Å². The largest absolute Gasteiger partial charge is 0.326 e. The molecular weight excluding hydrogens is 263 g/mol. The number of fused-ring (bicyclic) bond motifs is 1. The minimum absolute atomic E-state index is 0.233. The van der Waals surface area contributed by atoms with Gasteiger partial charge >= 0.3 is 0 Å². The quantitative estimate of drug-likeness (QED) is 0.765. The van der Waals surface area contributed by atoms with Gasteiger partial charge in [0.2, 0.25) is 11.8 Å². The Balaban J connectivity index is 1.87. The fraction of sp³-hybridized carbons (Fsp3) is 0.357. The van der Waals surface area contributed by atoms with Gasteiger partial charge in [0, 0.05) is 18.5 Å². The Morgan fingerprint density at radius 2 is 2.00 bits per heavy atom. The highest BCUT2D eigenvalue weighted by Crippen LogP contribution is 2.24. The fourth-order valence-electron chi connectivity index (χ4n) is 2.75. The summed E-state index contributed by atoms with van der Waals surface area (Å²) < 4.78 is 13.2. The predicted molar refractivity (Wildman–Crippen MR) is 67.3 cm³/mol. The normalized spacial score (nSPS) is 22.6. The Morgan fingerprint density at radius 3 is 2.75 bits per heavy atom. The molecule has 0 aliphatic carbocycles. The molecule has 1 aromatic rings. The first-order chi connectivity index (χ1) is 9.56. The SMILES string of the molecule is O=C1CCC(N2CCc3cc(F)ccc3C2=O)C(=O)N1. The number of imide groups is 1. The third kappa shape index (κ3) is 2.07. The minimum Gasteiger partial charge on any atom is -0.326 e. The Kier molecular flexibility index (Phi) is 3.00. The molecule has 0 spiro atoms. The Labute approximate surface area is 114 Å². The molecule has 20 heavy (non-hydrogen) atoms. The van der Waals surface area contributed by atoms with E-state index < -0.39 is 11.9 Å². The summed E-state index contributed by atoms with van der Waals surface area (Å²) in [5.74, 6) is -1.38. The van der Waals surface area contributed by atoms with Crippen LogP contribution in [-0.4, -0.2) is 35.2 Å². The van der Waals surface area contributed by atoms with Crippen molar-refractivity contribution in [2.75, 3.05) is 6.54 Å². The van der Waals surface area contributed by atoms with Crippen LogP contribution in [-0.2, 0) is 16.0 Å². The van der Waals surface area contributed by atoms with E-state index in [1.165, 1.54) is 23.1 Å². The second-order valence-electron chi connectivity index (χ2n) is 5.02. The molecule has 1 saturated heterocycles. The molecule has 3 rings (SSSR count). The number of hydrogen-bond acceptors (Lipinski definition) is 3. The summed E-state index contributed by atoms with van der Waals surface area (Å²) in [6.45, 7) is 0.363. The van der Waals surface area contributed by atoms with Crippen LogP contribution < -0.4 is 5.32 Å². The van der Waals surface area contributed by atoms with Crippen LogP contribution in [0.1, 0.15) is 28.8 Å². The summed E-state index contributed by atoms with van der Waals surface area (Å²) in [6, 6.07) is 3.43. The van der Waals surface area contributed by atoms with Crippen molar-refractivity contribution in [3.63, 3.8) is 0 Å². The van der Waals surface area contributed by atoms with Gasteiger partial charge in [-0.3, -0.25) is 19.7 Å². The van der Waals surface area contributed by atoms with Gasteiger partial charge in [0.25, 0.3) is 5.91 Å². The second-order valence-corrected chi connectivity index (χ2v) is 5.02. The lowest BCUT2D eigenvalue weighted by molar-refractivity contribution is -0.136. The summed E-state index contributed by atoms with van der Waals surface area (Å²) in [7, 11) is 0. The van der Waals surface area contributed by atoms with Crippen LogP contribution in [0.2, 0.25) is 0 Å². The van der Waals surface area contributed by atoms with Crippen LogP contribution >= 0.6 is 0 Å². The minimum atomic E-state index is -0.613. The average molecular weight is 276 g/mol. The molecule has 104 valence electrons. The van der Waals surface area contributed by atoms with E-state index in [1.807, 2.05) is 0 Å².